The van der Waals surface area contributed by atoms with Crippen LogP contribution in [0.5, 0.6) is 0 Å². The monoisotopic (exact) mass is 651 g/mol. The van der Waals surface area contributed by atoms with Gasteiger partial charge in [-0.25, -0.2) is 9.97 Å². The van der Waals surface area contributed by atoms with Crippen molar-refractivity contribution < 1.29 is 0 Å². The maximum absolute atomic E-state index is 5.33. The molecule has 2 aromatic heterocycles. The Morgan fingerprint density at radius 1 is 0.353 bits per heavy atom. The molecule has 0 bridgehead atoms. The van der Waals surface area contributed by atoms with Crippen LogP contribution >= 0.6 is 0 Å². The number of anilines is 3. The van der Waals surface area contributed by atoms with E-state index in [1.165, 1.54) is 0 Å². The molecule has 0 N–H and O–H groups in total. The summed E-state index contributed by atoms with van der Waals surface area (Å²) in [5.41, 5.74) is 11.2. The smallest absolute Gasteiger partial charge is 0.238 e. The van der Waals surface area contributed by atoms with Crippen molar-refractivity contribution in [2.24, 2.45) is 0 Å². The van der Waals surface area contributed by atoms with E-state index < -0.39 is 0 Å². The predicted molar refractivity (Wildman–Crippen MR) is 208 cm³/mol. The first-order valence-corrected chi connectivity index (χ1v) is 17.1. The Morgan fingerprint density at radius 3 is 1.59 bits per heavy atom. The number of benzene rings is 7. The van der Waals surface area contributed by atoms with E-state index in [0.717, 1.165) is 77.7 Å². The normalized spacial score (nSPS) is 11.9. The van der Waals surface area contributed by atoms with Crippen LogP contribution in [0.3, 0.4) is 0 Å². The molecule has 0 amide bonds. The molecule has 0 radical (unpaired) electrons. The largest absolute Gasteiger partial charge is 0.278 e. The van der Waals surface area contributed by atoms with Gasteiger partial charge in [0.2, 0.25) is 5.95 Å². The van der Waals surface area contributed by atoms with E-state index in [9.17, 15) is 0 Å². The topological polar surface area (TPSA) is 54.8 Å². The number of hydrogen-bond donors (Lipinski definition) is 0. The Balaban J connectivity index is 1.25. The molecule has 51 heavy (non-hydrogen) atoms. The van der Waals surface area contributed by atoms with Gasteiger partial charge in [-0.15, -0.1) is 0 Å². The van der Waals surface area contributed by atoms with Crippen molar-refractivity contribution >= 4 is 39.0 Å². The highest BCUT2D eigenvalue weighted by Crippen LogP contribution is 2.50. The molecule has 5 nitrogen and oxygen atoms in total. The predicted octanol–water partition coefficient (Wildman–Crippen LogP) is 11.7. The lowest BCUT2D eigenvalue weighted by Crippen LogP contribution is -2.19. The van der Waals surface area contributed by atoms with Gasteiger partial charge in [0.05, 0.1) is 22.6 Å². The van der Waals surface area contributed by atoms with Gasteiger partial charge in [0.15, 0.2) is 11.6 Å². The van der Waals surface area contributed by atoms with Crippen LogP contribution in [0.2, 0.25) is 0 Å². The summed E-state index contributed by atoms with van der Waals surface area (Å²) in [7, 11) is 0. The van der Waals surface area contributed by atoms with Crippen LogP contribution in [-0.2, 0) is 0 Å². The maximum atomic E-state index is 5.33. The fourth-order valence-electron chi connectivity index (χ4n) is 7.25. The van der Waals surface area contributed by atoms with Gasteiger partial charge in [0, 0.05) is 27.5 Å². The average molecular weight is 652 g/mol. The molecule has 238 valence electrons. The third kappa shape index (κ3) is 4.94. The average Bonchev–Trinajstić information content (AvgIpc) is 3.21. The third-order valence-electron chi connectivity index (χ3n) is 9.61. The van der Waals surface area contributed by atoms with Crippen molar-refractivity contribution in [2.75, 3.05) is 4.90 Å². The van der Waals surface area contributed by atoms with Crippen LogP contribution in [0.25, 0.3) is 78.0 Å². The summed E-state index contributed by atoms with van der Waals surface area (Å²) in [4.78, 5) is 23.1. The minimum absolute atomic E-state index is 0.545. The highest BCUT2D eigenvalue weighted by atomic mass is 15.3. The number of rotatable bonds is 5. The highest BCUT2D eigenvalue weighted by Gasteiger charge is 2.30. The summed E-state index contributed by atoms with van der Waals surface area (Å²) in [6.07, 6.45) is 0. The van der Waals surface area contributed by atoms with Gasteiger partial charge < -0.3 is 0 Å². The second kappa shape index (κ2) is 11.9. The number of aromatic nitrogens is 4. The second-order valence-electron chi connectivity index (χ2n) is 12.7. The minimum atomic E-state index is 0.545. The van der Waals surface area contributed by atoms with Crippen molar-refractivity contribution in [3.8, 4) is 56.3 Å². The van der Waals surface area contributed by atoms with E-state index in [1.807, 2.05) is 36.4 Å². The minimum Gasteiger partial charge on any atom is -0.278 e. The van der Waals surface area contributed by atoms with Crippen molar-refractivity contribution in [1.29, 1.82) is 0 Å². The van der Waals surface area contributed by atoms with Gasteiger partial charge in [0.25, 0.3) is 0 Å². The van der Waals surface area contributed by atoms with Crippen molar-refractivity contribution in [2.45, 2.75) is 0 Å². The van der Waals surface area contributed by atoms with Gasteiger partial charge in [-0.1, -0.05) is 140 Å². The van der Waals surface area contributed by atoms with Crippen LogP contribution in [-0.4, -0.2) is 19.9 Å². The number of para-hydroxylation sites is 2. The first kappa shape index (κ1) is 29.0. The molecule has 0 fully saturated rings. The molecular formula is C46H29N5. The lowest BCUT2D eigenvalue weighted by molar-refractivity contribution is 1.02. The zero-order valence-corrected chi connectivity index (χ0v) is 27.5. The molecule has 3 heterocycles. The van der Waals surface area contributed by atoms with Crippen LogP contribution in [0.1, 0.15) is 0 Å². The Bertz CT molecular complexity index is 2690. The summed E-state index contributed by atoms with van der Waals surface area (Å²) >= 11 is 0. The molecule has 0 aliphatic carbocycles. The zero-order chi connectivity index (χ0) is 33.7. The van der Waals surface area contributed by atoms with Gasteiger partial charge >= 0.3 is 0 Å². The maximum Gasteiger partial charge on any atom is 0.238 e. The van der Waals surface area contributed by atoms with E-state index in [0.29, 0.717) is 17.6 Å². The molecule has 1 aliphatic heterocycles. The van der Waals surface area contributed by atoms with E-state index in [1.54, 1.807) is 0 Å². The van der Waals surface area contributed by atoms with Gasteiger partial charge in [-0.2, -0.15) is 9.97 Å². The summed E-state index contributed by atoms with van der Waals surface area (Å²) < 4.78 is 0. The Hall–Kier alpha value is -6.98. The van der Waals surface area contributed by atoms with Crippen LogP contribution in [0.4, 0.5) is 17.3 Å². The number of fused-ring (bicyclic) bond motifs is 4. The number of hydrogen-bond acceptors (Lipinski definition) is 5. The number of pyridine rings is 1. The lowest BCUT2D eigenvalue weighted by atomic mass is 9.93. The third-order valence-corrected chi connectivity index (χ3v) is 9.61. The van der Waals surface area contributed by atoms with Gasteiger partial charge in [-0.05, 0) is 64.0 Å². The first-order valence-electron chi connectivity index (χ1n) is 17.1. The highest BCUT2D eigenvalue weighted by molar-refractivity contribution is 6.19. The van der Waals surface area contributed by atoms with E-state index in [-0.39, 0.29) is 0 Å². The zero-order valence-electron chi connectivity index (χ0n) is 27.5. The standard InChI is InChI=1S/C46H29N5/c1-4-15-30(16-5-1)33-27-34(31-17-6-2-7-18-31)29-35(28-33)45-48-44(32-19-8-3-9-20-32)49-46(50-45)51-40-25-13-11-22-38(40)43-42-37(23-14-26-41(42)51)36-21-10-12-24-39(36)47-43/h1-29H. The van der Waals surface area contributed by atoms with E-state index >= 15 is 0 Å². The molecule has 0 unspecified atom stereocenters. The summed E-state index contributed by atoms with van der Waals surface area (Å²) in [5.74, 6) is 1.75. The van der Waals surface area contributed by atoms with Crippen LogP contribution < -0.4 is 4.90 Å². The van der Waals surface area contributed by atoms with Gasteiger partial charge in [-0.3, -0.25) is 4.90 Å². The van der Waals surface area contributed by atoms with Crippen molar-refractivity contribution in [3.63, 3.8) is 0 Å². The molecule has 1 aliphatic rings. The van der Waals surface area contributed by atoms with Crippen LogP contribution in [0, 0.1) is 0 Å². The SMILES string of the molecule is c1ccc(-c2cc(-c3ccccc3)cc(-c3nc(-c4ccccc4)nc(N4c5ccccc5-c5nc6ccccc6c6cccc4c56)n3)c2)cc1. The fraction of sp³-hybridized carbons (Fsp3) is 0. The van der Waals surface area contributed by atoms with Crippen molar-refractivity contribution in [3.05, 3.63) is 176 Å². The molecule has 0 atom stereocenters. The van der Waals surface area contributed by atoms with E-state index in [2.05, 4.69) is 144 Å². The van der Waals surface area contributed by atoms with Crippen molar-refractivity contribution in [1.82, 2.24) is 19.9 Å². The first-order chi connectivity index (χ1) is 25.3. The molecule has 5 heteroatoms. The molecule has 0 saturated heterocycles. The van der Waals surface area contributed by atoms with Crippen LogP contribution in [0.15, 0.2) is 176 Å². The Kier molecular flexibility index (Phi) is 6.74. The summed E-state index contributed by atoms with van der Waals surface area (Å²) in [6, 6.07) is 60.9. The quantitative estimate of drug-likeness (QED) is 0.173. The molecular weight excluding hydrogens is 623 g/mol. The molecule has 9 aromatic rings. The summed E-state index contributed by atoms with van der Waals surface area (Å²) in [6.45, 7) is 0. The Morgan fingerprint density at radius 2 is 0.882 bits per heavy atom. The van der Waals surface area contributed by atoms with E-state index in [4.69, 9.17) is 19.9 Å². The molecule has 7 aromatic carbocycles. The molecule has 0 spiro atoms. The van der Waals surface area contributed by atoms with Gasteiger partial charge in [0.1, 0.15) is 0 Å². The summed E-state index contributed by atoms with van der Waals surface area (Å²) in [5, 5.41) is 3.34. The molecule has 0 saturated carbocycles. The fourth-order valence-corrected chi connectivity index (χ4v) is 7.25. The lowest BCUT2D eigenvalue weighted by Gasteiger charge is -2.31. The Labute approximate surface area is 295 Å². The molecule has 10 rings (SSSR count). The second-order valence-corrected chi connectivity index (χ2v) is 12.7. The number of nitrogens with zero attached hydrogens (tertiary/aromatic N) is 5.